The summed E-state index contributed by atoms with van der Waals surface area (Å²) in [5.41, 5.74) is 0. The summed E-state index contributed by atoms with van der Waals surface area (Å²) >= 11 is 0. The van der Waals surface area contributed by atoms with Gasteiger partial charge in [0.1, 0.15) is 6.04 Å². The Morgan fingerprint density at radius 3 is 2.65 bits per heavy atom. The molecule has 1 aliphatic heterocycles. The Hall–Kier alpha value is -1.56. The van der Waals surface area contributed by atoms with Gasteiger partial charge in [0, 0.05) is 13.1 Å². The van der Waals surface area contributed by atoms with E-state index in [0.717, 1.165) is 44.9 Å². The summed E-state index contributed by atoms with van der Waals surface area (Å²) in [5.74, 6) is -0.885. The van der Waals surface area contributed by atoms with Gasteiger partial charge in [0.15, 0.2) is 0 Å². The second kappa shape index (κ2) is 8.91. The highest BCUT2D eigenvalue weighted by atomic mass is 16.5. The lowest BCUT2D eigenvalue weighted by molar-refractivity contribution is -0.141. The molecular weight excluding hydrogens is 296 g/mol. The van der Waals surface area contributed by atoms with Crippen molar-refractivity contribution in [2.45, 2.75) is 57.1 Å². The molecular formula is C17H28N2O4. The Labute approximate surface area is 137 Å². The molecule has 1 saturated heterocycles. The minimum Gasteiger partial charge on any atom is -0.480 e. The lowest BCUT2D eigenvalue weighted by Crippen LogP contribution is -2.54. The maximum atomic E-state index is 12.5. The van der Waals surface area contributed by atoms with Crippen molar-refractivity contribution in [2.75, 3.05) is 19.7 Å². The first kappa shape index (κ1) is 17.8. The number of carbonyl (C=O) groups is 2. The number of urea groups is 1. The first-order chi connectivity index (χ1) is 11.1. The van der Waals surface area contributed by atoms with Gasteiger partial charge in [-0.15, -0.1) is 6.58 Å². The van der Waals surface area contributed by atoms with Gasteiger partial charge in [-0.25, -0.2) is 9.59 Å². The molecule has 0 spiro atoms. The van der Waals surface area contributed by atoms with Crippen molar-refractivity contribution in [3.8, 4) is 0 Å². The van der Waals surface area contributed by atoms with E-state index in [-0.39, 0.29) is 18.1 Å². The summed E-state index contributed by atoms with van der Waals surface area (Å²) in [5, 5.41) is 12.2. The highest BCUT2D eigenvalue weighted by Crippen LogP contribution is 2.27. The van der Waals surface area contributed by atoms with Gasteiger partial charge in [0.2, 0.25) is 0 Å². The quantitative estimate of drug-likeness (QED) is 0.735. The van der Waals surface area contributed by atoms with Gasteiger partial charge in [0.05, 0.1) is 12.7 Å². The predicted octanol–water partition coefficient (Wildman–Crippen LogP) is 2.40. The number of nitrogens with one attached hydrogen (secondary N) is 1. The van der Waals surface area contributed by atoms with Gasteiger partial charge in [-0.3, -0.25) is 0 Å². The number of nitrogens with zero attached hydrogens (tertiary/aromatic N) is 1. The number of ether oxygens (including phenoxy) is 1. The lowest BCUT2D eigenvalue weighted by atomic mass is 9.84. The number of carbonyl (C=O) groups excluding carboxylic acids is 1. The minimum atomic E-state index is -0.929. The third-order valence-corrected chi connectivity index (χ3v) is 4.78. The second-order valence-corrected chi connectivity index (χ2v) is 6.50. The molecule has 2 rings (SSSR count). The fourth-order valence-electron chi connectivity index (χ4n) is 3.54. The van der Waals surface area contributed by atoms with E-state index in [2.05, 4.69) is 11.9 Å². The molecule has 2 amide bonds. The van der Waals surface area contributed by atoms with Gasteiger partial charge in [-0.2, -0.15) is 0 Å². The molecule has 0 radical (unpaired) electrons. The molecule has 2 aliphatic rings. The number of rotatable bonds is 6. The molecule has 6 heteroatoms. The van der Waals surface area contributed by atoms with Crippen molar-refractivity contribution in [1.82, 2.24) is 10.2 Å². The van der Waals surface area contributed by atoms with Crippen LogP contribution in [0.25, 0.3) is 0 Å². The standard InChI is InChI=1S/C17H28N2O4/c1-2-11-23-14-9-6-10-19(12-14)17(22)18-15(16(20)21)13-7-4-3-5-8-13/h2,13-15H,1,3-12H2,(H,18,22)(H,20,21)/t14-,15?/m0/s1. The van der Waals surface area contributed by atoms with Gasteiger partial charge < -0.3 is 20.1 Å². The SMILES string of the molecule is C=CCO[C@H]1CCCN(C(=O)NC(C(=O)O)C2CCCCC2)C1. The molecule has 1 aliphatic carbocycles. The number of carboxylic acids is 1. The van der Waals surface area contributed by atoms with Crippen molar-refractivity contribution in [3.05, 3.63) is 12.7 Å². The smallest absolute Gasteiger partial charge is 0.326 e. The molecule has 1 heterocycles. The Kier molecular flexibility index (Phi) is 6.89. The summed E-state index contributed by atoms with van der Waals surface area (Å²) in [7, 11) is 0. The molecule has 0 aromatic heterocycles. The molecule has 6 nitrogen and oxygen atoms in total. The van der Waals surface area contributed by atoms with Crippen molar-refractivity contribution < 1.29 is 19.4 Å². The van der Waals surface area contributed by atoms with Crippen molar-refractivity contribution in [2.24, 2.45) is 5.92 Å². The van der Waals surface area contributed by atoms with E-state index >= 15 is 0 Å². The zero-order valence-electron chi connectivity index (χ0n) is 13.7. The average Bonchev–Trinajstić information content (AvgIpc) is 2.58. The van der Waals surface area contributed by atoms with Crippen LogP contribution in [0.2, 0.25) is 0 Å². The number of piperidine rings is 1. The third kappa shape index (κ3) is 5.23. The largest absolute Gasteiger partial charge is 0.480 e. The molecule has 1 saturated carbocycles. The normalized spacial score (nSPS) is 24.0. The Bertz CT molecular complexity index is 421. The van der Waals surface area contributed by atoms with E-state index in [1.807, 2.05) is 0 Å². The first-order valence-corrected chi connectivity index (χ1v) is 8.62. The van der Waals surface area contributed by atoms with Crippen LogP contribution in [0, 0.1) is 5.92 Å². The molecule has 2 atom stereocenters. The number of amides is 2. The molecule has 23 heavy (non-hydrogen) atoms. The second-order valence-electron chi connectivity index (χ2n) is 6.50. The third-order valence-electron chi connectivity index (χ3n) is 4.78. The van der Waals surface area contributed by atoms with Gasteiger partial charge in [-0.1, -0.05) is 25.3 Å². The topological polar surface area (TPSA) is 78.9 Å². The Morgan fingerprint density at radius 2 is 2.00 bits per heavy atom. The maximum Gasteiger partial charge on any atom is 0.326 e. The highest BCUT2D eigenvalue weighted by molar-refractivity contribution is 5.82. The van der Waals surface area contributed by atoms with Crippen LogP contribution >= 0.6 is 0 Å². The minimum absolute atomic E-state index is 0.00505. The van der Waals surface area contributed by atoms with Crippen molar-refractivity contribution in [3.63, 3.8) is 0 Å². The van der Waals surface area contributed by atoms with Gasteiger partial charge >= 0.3 is 12.0 Å². The fraction of sp³-hybridized carbons (Fsp3) is 0.765. The number of aliphatic carboxylic acids is 1. The van der Waals surface area contributed by atoms with E-state index in [1.54, 1.807) is 11.0 Å². The van der Waals surface area contributed by atoms with Crippen LogP contribution in [-0.2, 0) is 9.53 Å². The lowest BCUT2D eigenvalue weighted by Gasteiger charge is -2.35. The van der Waals surface area contributed by atoms with E-state index in [1.165, 1.54) is 0 Å². The first-order valence-electron chi connectivity index (χ1n) is 8.62. The monoisotopic (exact) mass is 324 g/mol. The van der Waals surface area contributed by atoms with Crippen LogP contribution in [0.3, 0.4) is 0 Å². The van der Waals surface area contributed by atoms with Crippen molar-refractivity contribution >= 4 is 12.0 Å². The molecule has 0 bridgehead atoms. The summed E-state index contributed by atoms with van der Waals surface area (Å²) in [6.45, 7) is 5.26. The number of likely N-dealkylation sites (tertiary alicyclic amines) is 1. The molecule has 130 valence electrons. The van der Waals surface area contributed by atoms with E-state index in [9.17, 15) is 14.7 Å². The molecule has 2 fully saturated rings. The number of hydrogen-bond acceptors (Lipinski definition) is 3. The summed E-state index contributed by atoms with van der Waals surface area (Å²) in [6.07, 6.45) is 8.50. The van der Waals surface area contributed by atoms with Gasteiger partial charge in [0.25, 0.3) is 0 Å². The van der Waals surface area contributed by atoms with Crippen LogP contribution < -0.4 is 5.32 Å². The van der Waals surface area contributed by atoms with E-state index in [4.69, 9.17) is 4.74 Å². The van der Waals surface area contributed by atoms with Crippen LogP contribution in [0.15, 0.2) is 12.7 Å². The van der Waals surface area contributed by atoms with Gasteiger partial charge in [-0.05, 0) is 31.6 Å². The van der Waals surface area contributed by atoms with Crippen LogP contribution in [0.5, 0.6) is 0 Å². The number of hydrogen-bond donors (Lipinski definition) is 2. The van der Waals surface area contributed by atoms with Crippen LogP contribution in [-0.4, -0.2) is 53.8 Å². The predicted molar refractivity (Wildman–Crippen MR) is 87.3 cm³/mol. The zero-order valence-corrected chi connectivity index (χ0v) is 13.7. The average molecular weight is 324 g/mol. The Balaban J connectivity index is 1.89. The van der Waals surface area contributed by atoms with E-state index in [0.29, 0.717) is 19.7 Å². The molecule has 0 aromatic carbocycles. The molecule has 2 N–H and O–H groups in total. The maximum absolute atomic E-state index is 12.5. The molecule has 1 unspecified atom stereocenters. The summed E-state index contributed by atoms with van der Waals surface area (Å²) in [4.78, 5) is 25.7. The summed E-state index contributed by atoms with van der Waals surface area (Å²) < 4.78 is 5.63. The summed E-state index contributed by atoms with van der Waals surface area (Å²) in [6, 6.07) is -1.06. The molecule has 0 aromatic rings. The van der Waals surface area contributed by atoms with Crippen LogP contribution in [0.4, 0.5) is 4.79 Å². The Morgan fingerprint density at radius 1 is 1.26 bits per heavy atom. The van der Waals surface area contributed by atoms with Crippen LogP contribution in [0.1, 0.15) is 44.9 Å². The number of carboxylic acid groups (broad SMARTS) is 1. The zero-order chi connectivity index (χ0) is 16.7. The highest BCUT2D eigenvalue weighted by Gasteiger charge is 2.33. The van der Waals surface area contributed by atoms with E-state index < -0.39 is 12.0 Å². The van der Waals surface area contributed by atoms with Crippen molar-refractivity contribution in [1.29, 1.82) is 0 Å². The fourth-order valence-corrected chi connectivity index (χ4v) is 3.54.